The monoisotopic (exact) mass is 776 g/mol. The van der Waals surface area contributed by atoms with Crippen molar-refractivity contribution in [2.75, 3.05) is 9.80 Å². The lowest BCUT2D eigenvalue weighted by Gasteiger charge is -2.29. The summed E-state index contributed by atoms with van der Waals surface area (Å²) in [7, 11) is 0. The van der Waals surface area contributed by atoms with Gasteiger partial charge in [-0.3, -0.25) is 0 Å². The van der Waals surface area contributed by atoms with Crippen LogP contribution in [0.4, 0.5) is 34.1 Å². The molecule has 9 aromatic rings. The molecule has 0 amide bonds. The third-order valence-corrected chi connectivity index (χ3v) is 11.7. The van der Waals surface area contributed by atoms with Crippen molar-refractivity contribution in [2.24, 2.45) is 0 Å². The maximum atomic E-state index is 2.41. The molecule has 0 fully saturated rings. The minimum absolute atomic E-state index is 0.0629. The van der Waals surface area contributed by atoms with Gasteiger partial charge >= 0.3 is 0 Å². The van der Waals surface area contributed by atoms with Crippen LogP contribution >= 0.6 is 0 Å². The van der Waals surface area contributed by atoms with E-state index < -0.39 is 0 Å². The lowest BCUT2D eigenvalue weighted by Crippen LogP contribution is -2.13. The molecular weight excluding hydrogens is 725 g/mol. The zero-order valence-electron chi connectivity index (χ0n) is 35.5. The maximum Gasteiger partial charge on any atom is 0.0468 e. The molecule has 0 heterocycles. The first-order valence-corrected chi connectivity index (χ1v) is 21.1. The average Bonchev–Trinajstić information content (AvgIpc) is 3.27. The summed E-state index contributed by atoms with van der Waals surface area (Å²) in [5, 5.41) is 4.85. The van der Waals surface area contributed by atoms with Gasteiger partial charge in [0.25, 0.3) is 0 Å². The fourth-order valence-corrected chi connectivity index (χ4v) is 8.58. The maximum absolute atomic E-state index is 2.41. The van der Waals surface area contributed by atoms with E-state index in [-0.39, 0.29) is 10.8 Å². The Morgan fingerprint density at radius 1 is 0.267 bits per heavy atom. The van der Waals surface area contributed by atoms with E-state index in [0.717, 1.165) is 34.1 Å². The van der Waals surface area contributed by atoms with Crippen molar-refractivity contribution in [2.45, 2.75) is 52.4 Å². The Kier molecular flexibility index (Phi) is 10.1. The zero-order valence-corrected chi connectivity index (χ0v) is 35.5. The van der Waals surface area contributed by atoms with Crippen LogP contribution in [0.25, 0.3) is 43.8 Å². The Bertz CT molecular complexity index is 2680. The van der Waals surface area contributed by atoms with E-state index in [1.165, 1.54) is 54.9 Å². The van der Waals surface area contributed by atoms with Crippen LogP contribution in [0.5, 0.6) is 0 Å². The molecule has 0 unspecified atom stereocenters. The fraction of sp³-hybridized carbons (Fsp3) is 0.138. The van der Waals surface area contributed by atoms with Gasteiger partial charge < -0.3 is 9.80 Å². The number of fused-ring (bicyclic) bond motifs is 2. The summed E-state index contributed by atoms with van der Waals surface area (Å²) in [6, 6.07) is 75.6. The molecule has 9 rings (SSSR count). The fourth-order valence-electron chi connectivity index (χ4n) is 8.58. The van der Waals surface area contributed by atoms with Gasteiger partial charge in [-0.2, -0.15) is 0 Å². The first-order chi connectivity index (χ1) is 29.0. The van der Waals surface area contributed by atoms with Gasteiger partial charge in [0.1, 0.15) is 0 Å². The second-order valence-electron chi connectivity index (χ2n) is 17.9. The van der Waals surface area contributed by atoms with Gasteiger partial charge in [0.05, 0.1) is 0 Å². The molecule has 0 aromatic heterocycles. The molecule has 294 valence electrons. The molecule has 0 saturated carbocycles. The van der Waals surface area contributed by atoms with Crippen LogP contribution in [0, 0.1) is 0 Å². The minimum atomic E-state index is 0.0629. The number of nitrogens with zero attached hydrogens (tertiary/aromatic N) is 2. The number of hydrogen-bond acceptors (Lipinski definition) is 2. The van der Waals surface area contributed by atoms with E-state index in [9.17, 15) is 0 Å². The third kappa shape index (κ3) is 7.46. The van der Waals surface area contributed by atoms with Crippen molar-refractivity contribution in [1.82, 2.24) is 0 Å². The van der Waals surface area contributed by atoms with Crippen LogP contribution < -0.4 is 9.80 Å². The zero-order chi connectivity index (χ0) is 41.4. The van der Waals surface area contributed by atoms with Gasteiger partial charge in [0.15, 0.2) is 0 Å². The largest absolute Gasteiger partial charge is 0.310 e. The number of para-hydroxylation sites is 2. The molecule has 0 aliphatic heterocycles. The Morgan fingerprint density at radius 2 is 0.550 bits per heavy atom. The van der Waals surface area contributed by atoms with E-state index >= 15 is 0 Å². The molecule has 60 heavy (non-hydrogen) atoms. The molecule has 0 radical (unpaired) electrons. The van der Waals surface area contributed by atoms with E-state index in [4.69, 9.17) is 0 Å². The molecule has 2 nitrogen and oxygen atoms in total. The summed E-state index contributed by atoms with van der Waals surface area (Å²) in [6.45, 7) is 13.6. The lowest BCUT2D eigenvalue weighted by molar-refractivity contribution is 0.590. The van der Waals surface area contributed by atoms with Gasteiger partial charge in [0, 0.05) is 34.1 Å². The molecule has 0 atom stereocenters. The molecule has 0 aliphatic rings. The van der Waals surface area contributed by atoms with Gasteiger partial charge in [-0.1, -0.05) is 175 Å². The number of anilines is 6. The summed E-state index contributed by atoms with van der Waals surface area (Å²) in [4.78, 5) is 4.78. The number of benzene rings is 9. The summed E-state index contributed by atoms with van der Waals surface area (Å²) in [5.74, 6) is 0. The van der Waals surface area contributed by atoms with E-state index in [1.807, 2.05) is 0 Å². The van der Waals surface area contributed by atoms with Crippen molar-refractivity contribution in [3.05, 3.63) is 217 Å². The lowest BCUT2D eigenvalue weighted by atomic mass is 9.85. The summed E-state index contributed by atoms with van der Waals surface area (Å²) in [5.41, 5.74) is 14.3. The average molecular weight is 777 g/mol. The molecule has 0 aliphatic carbocycles. The van der Waals surface area contributed by atoms with Gasteiger partial charge in [-0.15, -0.1) is 0 Å². The van der Waals surface area contributed by atoms with Crippen LogP contribution in [-0.2, 0) is 10.8 Å². The van der Waals surface area contributed by atoms with Crippen molar-refractivity contribution in [1.29, 1.82) is 0 Å². The Hall–Kier alpha value is -6.90. The highest BCUT2D eigenvalue weighted by Crippen LogP contribution is 2.48. The standard InChI is InChI=1S/C58H52N2/c1-57(2,3)43-27-31-47(32-28-43)59(45-23-15-9-16-24-45)49-35-37-51-53(39-49)55(41-19-11-7-12-20-41)52-38-36-50(40-54(52)56(51)42-21-13-8-14-22-42)60(46-25-17-10-18-26-46)48-33-29-44(30-34-48)58(4,5)6/h7-40H,1-6H3. The second kappa shape index (κ2) is 15.7. The van der Waals surface area contributed by atoms with Crippen molar-refractivity contribution >= 4 is 55.7 Å². The Labute approximate surface area is 356 Å². The van der Waals surface area contributed by atoms with Crippen LogP contribution in [0.3, 0.4) is 0 Å². The van der Waals surface area contributed by atoms with Crippen LogP contribution in [0.2, 0.25) is 0 Å². The van der Waals surface area contributed by atoms with Gasteiger partial charge in [-0.05, 0) is 139 Å². The third-order valence-electron chi connectivity index (χ3n) is 11.7. The Balaban J connectivity index is 1.33. The first-order valence-electron chi connectivity index (χ1n) is 21.1. The molecule has 9 aromatic carbocycles. The highest BCUT2D eigenvalue weighted by Gasteiger charge is 2.23. The SMILES string of the molecule is CC(C)(C)c1ccc(N(c2ccccc2)c2ccc3c(-c4ccccc4)c4cc(N(c5ccccc5)c5ccc(C(C)(C)C)cc5)ccc4c(-c4ccccc4)c3c2)cc1. The second-order valence-corrected chi connectivity index (χ2v) is 17.9. The van der Waals surface area contributed by atoms with E-state index in [1.54, 1.807) is 0 Å². The summed E-state index contributed by atoms with van der Waals surface area (Å²) >= 11 is 0. The predicted molar refractivity (Wildman–Crippen MR) is 259 cm³/mol. The highest BCUT2D eigenvalue weighted by atomic mass is 15.1. The topological polar surface area (TPSA) is 6.48 Å². The normalized spacial score (nSPS) is 11.8. The molecule has 0 saturated heterocycles. The number of hydrogen-bond donors (Lipinski definition) is 0. The molecule has 0 bridgehead atoms. The molecular formula is C58H52N2. The molecule has 0 N–H and O–H groups in total. The van der Waals surface area contributed by atoms with E-state index in [2.05, 4.69) is 258 Å². The van der Waals surface area contributed by atoms with E-state index in [0.29, 0.717) is 0 Å². The summed E-state index contributed by atoms with van der Waals surface area (Å²) < 4.78 is 0. The predicted octanol–water partition coefficient (Wildman–Crippen LogP) is 16.9. The number of rotatable bonds is 8. The van der Waals surface area contributed by atoms with Gasteiger partial charge in [0.2, 0.25) is 0 Å². The summed E-state index contributed by atoms with van der Waals surface area (Å²) in [6.07, 6.45) is 0. The smallest absolute Gasteiger partial charge is 0.0468 e. The van der Waals surface area contributed by atoms with Crippen LogP contribution in [0.1, 0.15) is 52.7 Å². The highest BCUT2D eigenvalue weighted by molar-refractivity contribution is 6.22. The minimum Gasteiger partial charge on any atom is -0.310 e. The van der Waals surface area contributed by atoms with Crippen LogP contribution in [-0.4, -0.2) is 0 Å². The first kappa shape index (κ1) is 38.6. The van der Waals surface area contributed by atoms with Crippen molar-refractivity contribution in [3.8, 4) is 22.3 Å². The quantitative estimate of drug-likeness (QED) is 0.142. The Morgan fingerprint density at radius 3 is 0.867 bits per heavy atom. The molecule has 0 spiro atoms. The van der Waals surface area contributed by atoms with Crippen LogP contribution in [0.15, 0.2) is 206 Å². The van der Waals surface area contributed by atoms with Crippen molar-refractivity contribution in [3.63, 3.8) is 0 Å². The van der Waals surface area contributed by atoms with Gasteiger partial charge in [-0.25, -0.2) is 0 Å². The van der Waals surface area contributed by atoms with Crippen molar-refractivity contribution < 1.29 is 0 Å². The molecule has 2 heteroatoms.